The Labute approximate surface area is 131 Å². The monoisotopic (exact) mass is 414 g/mol. The van der Waals surface area contributed by atoms with Crippen LogP contribution in [0.15, 0.2) is 19.9 Å². The van der Waals surface area contributed by atoms with Crippen LogP contribution in [0.4, 0.5) is 8.78 Å². The summed E-state index contributed by atoms with van der Waals surface area (Å²) in [4.78, 5) is 25.3. The molecular weight excluding hydrogens is 401 g/mol. The molecule has 0 saturated heterocycles. The second kappa shape index (κ2) is 5.97. The third-order valence-corrected chi connectivity index (χ3v) is 4.00. The quantitative estimate of drug-likeness (QED) is 0.628. The molecule has 3 N–H and O–H groups in total. The Morgan fingerprint density at radius 1 is 1.52 bits per heavy atom. The standard InChI is InChI=1S/C12H13F2IN2O4/c13-12(14)7(5-18)8(19)3-9(12)17-4-6(1-2-15)10(20)16-11(17)21/h1-2,4,7-9,18-19H,3,5H2,(H,16,20,21). The summed E-state index contributed by atoms with van der Waals surface area (Å²) < 4.78 is 30.7. The molecule has 1 aliphatic rings. The summed E-state index contributed by atoms with van der Waals surface area (Å²) >= 11 is 1.85. The highest BCUT2D eigenvalue weighted by atomic mass is 127. The highest BCUT2D eigenvalue weighted by Crippen LogP contribution is 2.47. The average Bonchev–Trinajstić information content (AvgIpc) is 2.62. The first kappa shape index (κ1) is 16.3. The zero-order valence-electron chi connectivity index (χ0n) is 10.7. The van der Waals surface area contributed by atoms with E-state index in [1.165, 1.54) is 10.2 Å². The van der Waals surface area contributed by atoms with Crippen LogP contribution in [0.25, 0.3) is 6.08 Å². The number of hydrogen-bond acceptors (Lipinski definition) is 4. The summed E-state index contributed by atoms with van der Waals surface area (Å²) in [5.74, 6) is -5.09. The van der Waals surface area contributed by atoms with E-state index in [0.717, 1.165) is 6.20 Å². The Bertz CT molecular complexity index is 670. The van der Waals surface area contributed by atoms with Gasteiger partial charge in [0, 0.05) is 12.6 Å². The van der Waals surface area contributed by atoms with E-state index in [1.54, 1.807) is 0 Å². The summed E-state index contributed by atoms with van der Waals surface area (Å²) in [6.45, 7) is -0.886. The first-order valence-corrected chi connectivity index (χ1v) is 7.36. The smallest absolute Gasteiger partial charge is 0.328 e. The van der Waals surface area contributed by atoms with Gasteiger partial charge in [-0.1, -0.05) is 22.6 Å². The van der Waals surface area contributed by atoms with Crippen molar-refractivity contribution in [2.45, 2.75) is 24.5 Å². The van der Waals surface area contributed by atoms with Crippen molar-refractivity contribution in [3.05, 3.63) is 36.7 Å². The number of aliphatic hydroxyl groups excluding tert-OH is 2. The van der Waals surface area contributed by atoms with E-state index in [4.69, 9.17) is 5.11 Å². The van der Waals surface area contributed by atoms with Crippen LogP contribution in [0, 0.1) is 5.92 Å². The molecule has 1 aliphatic carbocycles. The molecular formula is C12H13F2IN2O4. The first-order valence-electron chi connectivity index (χ1n) is 6.11. The van der Waals surface area contributed by atoms with Crippen LogP contribution in [0.5, 0.6) is 0 Å². The van der Waals surface area contributed by atoms with Crippen molar-refractivity contribution < 1.29 is 19.0 Å². The lowest BCUT2D eigenvalue weighted by Gasteiger charge is -2.25. The van der Waals surface area contributed by atoms with Gasteiger partial charge in [-0.3, -0.25) is 14.3 Å². The molecule has 0 aliphatic heterocycles. The Morgan fingerprint density at radius 2 is 2.19 bits per heavy atom. The van der Waals surface area contributed by atoms with Crippen molar-refractivity contribution in [3.63, 3.8) is 0 Å². The zero-order chi connectivity index (χ0) is 15.8. The molecule has 0 amide bonds. The van der Waals surface area contributed by atoms with Gasteiger partial charge in [-0.2, -0.15) is 0 Å². The minimum atomic E-state index is -3.46. The van der Waals surface area contributed by atoms with Crippen LogP contribution in [-0.2, 0) is 0 Å². The molecule has 3 atom stereocenters. The molecule has 1 aromatic rings. The molecule has 9 heteroatoms. The lowest BCUT2D eigenvalue weighted by molar-refractivity contribution is -0.101. The molecule has 6 nitrogen and oxygen atoms in total. The predicted octanol–water partition coefficient (Wildman–Crippen LogP) is 0.492. The van der Waals surface area contributed by atoms with Crippen LogP contribution in [0.3, 0.4) is 0 Å². The predicted molar refractivity (Wildman–Crippen MR) is 79.6 cm³/mol. The maximum atomic E-state index is 14.2. The fourth-order valence-corrected chi connectivity index (χ4v) is 2.90. The highest BCUT2D eigenvalue weighted by molar-refractivity contribution is 14.1. The molecule has 0 aromatic carbocycles. The largest absolute Gasteiger partial charge is 0.396 e. The molecule has 1 fully saturated rings. The van der Waals surface area contributed by atoms with Gasteiger partial charge in [-0.25, -0.2) is 13.6 Å². The molecule has 2 rings (SSSR count). The number of hydrogen-bond donors (Lipinski definition) is 3. The van der Waals surface area contributed by atoms with E-state index in [-0.39, 0.29) is 12.0 Å². The number of H-pyrrole nitrogens is 1. The van der Waals surface area contributed by atoms with Crippen LogP contribution in [0.1, 0.15) is 18.0 Å². The second-order valence-corrected chi connectivity index (χ2v) is 5.55. The number of nitrogens with one attached hydrogen (secondary N) is 1. The molecule has 3 unspecified atom stereocenters. The zero-order valence-corrected chi connectivity index (χ0v) is 12.8. The first-order chi connectivity index (χ1) is 9.82. The van der Waals surface area contributed by atoms with Gasteiger partial charge in [-0.05, 0) is 10.2 Å². The second-order valence-electron chi connectivity index (χ2n) is 4.83. The van der Waals surface area contributed by atoms with Crippen LogP contribution in [-0.4, -0.2) is 38.4 Å². The van der Waals surface area contributed by atoms with E-state index >= 15 is 0 Å². The van der Waals surface area contributed by atoms with Gasteiger partial charge in [0.05, 0.1) is 24.2 Å². The molecule has 116 valence electrons. The fourth-order valence-electron chi connectivity index (χ4n) is 2.52. The number of aliphatic hydroxyl groups is 2. The maximum absolute atomic E-state index is 14.2. The van der Waals surface area contributed by atoms with E-state index in [0.29, 0.717) is 4.57 Å². The number of aromatic amines is 1. The van der Waals surface area contributed by atoms with Gasteiger partial charge in [0.1, 0.15) is 6.04 Å². The van der Waals surface area contributed by atoms with Crippen molar-refractivity contribution in [1.82, 2.24) is 9.55 Å². The van der Waals surface area contributed by atoms with Crippen molar-refractivity contribution in [1.29, 1.82) is 0 Å². The Morgan fingerprint density at radius 3 is 2.71 bits per heavy atom. The molecule has 0 spiro atoms. The Hall–Kier alpha value is -1.07. The van der Waals surface area contributed by atoms with Gasteiger partial charge < -0.3 is 10.2 Å². The number of nitrogens with zero attached hydrogens (tertiary/aromatic N) is 1. The normalized spacial score (nSPS) is 28.3. The minimum Gasteiger partial charge on any atom is -0.396 e. The molecule has 1 heterocycles. The summed E-state index contributed by atoms with van der Waals surface area (Å²) in [5.41, 5.74) is -1.59. The van der Waals surface area contributed by atoms with Crippen molar-refractivity contribution in [2.75, 3.05) is 6.61 Å². The minimum absolute atomic E-state index is 0.0572. The molecule has 1 aromatic heterocycles. The molecule has 0 radical (unpaired) electrons. The molecule has 1 saturated carbocycles. The topological polar surface area (TPSA) is 95.3 Å². The summed E-state index contributed by atoms with van der Waals surface area (Å²) in [7, 11) is 0. The Balaban J connectivity index is 2.55. The lowest BCUT2D eigenvalue weighted by Crippen LogP contribution is -2.41. The molecule has 0 bridgehead atoms. The average molecular weight is 414 g/mol. The lowest BCUT2D eigenvalue weighted by atomic mass is 10.0. The number of halogens is 3. The van der Waals surface area contributed by atoms with Crippen LogP contribution in [0.2, 0.25) is 0 Å². The van der Waals surface area contributed by atoms with E-state index in [1.807, 2.05) is 27.6 Å². The SMILES string of the molecule is O=c1[nH]c(=O)n(C2CC(O)C(CO)C2(F)F)cc1C=CI. The number of aromatic nitrogens is 2. The third kappa shape index (κ3) is 2.81. The van der Waals surface area contributed by atoms with E-state index in [2.05, 4.69) is 0 Å². The van der Waals surface area contributed by atoms with Gasteiger partial charge in [0.15, 0.2) is 0 Å². The number of alkyl halides is 2. The van der Waals surface area contributed by atoms with Crippen molar-refractivity contribution in [2.24, 2.45) is 5.92 Å². The van der Waals surface area contributed by atoms with Crippen molar-refractivity contribution >= 4 is 28.7 Å². The fraction of sp³-hybridized carbons (Fsp3) is 0.500. The van der Waals surface area contributed by atoms with Crippen LogP contribution >= 0.6 is 22.6 Å². The van der Waals surface area contributed by atoms with Gasteiger partial charge in [0.2, 0.25) is 0 Å². The number of rotatable bonds is 3. The summed E-state index contributed by atoms with van der Waals surface area (Å²) in [6.07, 6.45) is 0.624. The highest BCUT2D eigenvalue weighted by Gasteiger charge is 2.57. The van der Waals surface area contributed by atoms with Gasteiger partial charge in [0.25, 0.3) is 11.5 Å². The van der Waals surface area contributed by atoms with Crippen molar-refractivity contribution in [3.8, 4) is 0 Å². The van der Waals surface area contributed by atoms with Crippen LogP contribution < -0.4 is 11.2 Å². The summed E-state index contributed by atoms with van der Waals surface area (Å²) in [6, 6.07) is -1.62. The maximum Gasteiger partial charge on any atom is 0.328 e. The van der Waals surface area contributed by atoms with Gasteiger partial charge >= 0.3 is 5.69 Å². The van der Waals surface area contributed by atoms with E-state index in [9.17, 15) is 23.5 Å². The molecule has 21 heavy (non-hydrogen) atoms. The Kier molecular flexibility index (Phi) is 4.63. The summed E-state index contributed by atoms with van der Waals surface area (Å²) in [5, 5.41) is 18.6. The van der Waals surface area contributed by atoms with E-state index < -0.39 is 41.8 Å². The van der Waals surface area contributed by atoms with Gasteiger partial charge in [-0.15, -0.1) is 0 Å². The third-order valence-electron chi connectivity index (χ3n) is 3.64.